The van der Waals surface area contributed by atoms with Crippen molar-refractivity contribution in [3.8, 4) is 18.1 Å². The highest BCUT2D eigenvalue weighted by Crippen LogP contribution is 2.13. The molecule has 1 N–H and O–H groups in total. The van der Waals surface area contributed by atoms with Crippen LogP contribution in [0.2, 0.25) is 0 Å². The molecule has 0 heterocycles. The molecule has 0 aliphatic heterocycles. The van der Waals surface area contributed by atoms with Crippen molar-refractivity contribution >= 4 is 0 Å². The molecule has 0 unspecified atom stereocenters. The van der Waals surface area contributed by atoms with E-state index in [1.165, 1.54) is 12.1 Å². The second kappa shape index (κ2) is 8.08. The van der Waals surface area contributed by atoms with Gasteiger partial charge < -0.3 is 10.1 Å². The minimum Gasteiger partial charge on any atom is -0.481 e. The fourth-order valence-corrected chi connectivity index (χ4v) is 1.99. The van der Waals surface area contributed by atoms with Gasteiger partial charge in [0.15, 0.2) is 0 Å². The Hall–Kier alpha value is -2.31. The first-order valence-corrected chi connectivity index (χ1v) is 6.88. The van der Waals surface area contributed by atoms with Crippen LogP contribution >= 0.6 is 0 Å². The predicted octanol–water partition coefficient (Wildman–Crippen LogP) is 3.17. The van der Waals surface area contributed by atoms with Crippen molar-refractivity contribution in [3.63, 3.8) is 0 Å². The molecule has 3 heteroatoms. The van der Waals surface area contributed by atoms with Gasteiger partial charge in [-0.25, -0.2) is 4.39 Å². The molecule has 2 rings (SSSR count). The summed E-state index contributed by atoms with van der Waals surface area (Å²) < 4.78 is 18.2. The van der Waals surface area contributed by atoms with Crippen LogP contribution in [-0.2, 0) is 13.0 Å². The van der Waals surface area contributed by atoms with E-state index in [0.717, 1.165) is 36.4 Å². The first-order valence-electron chi connectivity index (χ1n) is 6.88. The maximum Gasteiger partial charge on any atom is 0.148 e. The summed E-state index contributed by atoms with van der Waals surface area (Å²) in [6, 6.07) is 14.4. The van der Waals surface area contributed by atoms with Gasteiger partial charge in [0.2, 0.25) is 0 Å². The topological polar surface area (TPSA) is 21.3 Å². The van der Waals surface area contributed by atoms with E-state index in [4.69, 9.17) is 11.2 Å². The Kier molecular flexibility index (Phi) is 5.81. The Morgan fingerprint density at radius 3 is 2.67 bits per heavy atom. The largest absolute Gasteiger partial charge is 0.481 e. The summed E-state index contributed by atoms with van der Waals surface area (Å²) in [7, 11) is 0. The summed E-state index contributed by atoms with van der Waals surface area (Å²) >= 11 is 0. The molecular formula is C18H18FNO. The smallest absolute Gasteiger partial charge is 0.148 e. The number of rotatable bonds is 7. The van der Waals surface area contributed by atoms with Gasteiger partial charge in [-0.15, -0.1) is 6.42 Å². The lowest BCUT2D eigenvalue weighted by molar-refractivity contribution is 0.370. The number of benzene rings is 2. The summed E-state index contributed by atoms with van der Waals surface area (Å²) in [5.74, 6) is 3.03. The van der Waals surface area contributed by atoms with Crippen LogP contribution in [0.3, 0.4) is 0 Å². The summed E-state index contributed by atoms with van der Waals surface area (Å²) in [6.45, 7) is 1.87. The number of hydrogen-bond donors (Lipinski definition) is 1. The van der Waals surface area contributed by atoms with Crippen LogP contribution in [0.1, 0.15) is 11.1 Å². The SMILES string of the molecule is C#CCOc1cccc(CNCCc2ccc(F)cc2)c1. The van der Waals surface area contributed by atoms with Gasteiger partial charge in [-0.3, -0.25) is 0 Å². The zero-order valence-electron chi connectivity index (χ0n) is 11.8. The van der Waals surface area contributed by atoms with Gasteiger partial charge in [0.05, 0.1) is 0 Å². The standard InChI is InChI=1S/C18H18FNO/c1-2-12-21-18-5-3-4-16(13-18)14-20-11-10-15-6-8-17(19)9-7-15/h1,3-9,13,20H,10-12,14H2. The third kappa shape index (κ3) is 5.29. The molecule has 0 aliphatic carbocycles. The normalized spacial score (nSPS) is 10.1. The van der Waals surface area contributed by atoms with Crippen LogP contribution < -0.4 is 10.1 Å². The highest BCUT2D eigenvalue weighted by Gasteiger charge is 1.98. The van der Waals surface area contributed by atoms with E-state index >= 15 is 0 Å². The van der Waals surface area contributed by atoms with Crippen LogP contribution in [0.15, 0.2) is 48.5 Å². The van der Waals surface area contributed by atoms with E-state index < -0.39 is 0 Å². The predicted molar refractivity (Wildman–Crippen MR) is 82.6 cm³/mol. The van der Waals surface area contributed by atoms with E-state index in [0.29, 0.717) is 0 Å². The minimum absolute atomic E-state index is 0.199. The van der Waals surface area contributed by atoms with Gasteiger partial charge in [-0.2, -0.15) is 0 Å². The van der Waals surface area contributed by atoms with Crippen molar-refractivity contribution in [3.05, 3.63) is 65.5 Å². The third-order valence-corrected chi connectivity index (χ3v) is 3.05. The van der Waals surface area contributed by atoms with Gasteiger partial charge in [-0.1, -0.05) is 30.2 Å². The number of halogens is 1. The van der Waals surface area contributed by atoms with Crippen molar-refractivity contribution in [1.29, 1.82) is 0 Å². The number of hydrogen-bond acceptors (Lipinski definition) is 2. The van der Waals surface area contributed by atoms with E-state index in [9.17, 15) is 4.39 Å². The van der Waals surface area contributed by atoms with Gasteiger partial charge >= 0.3 is 0 Å². The molecule has 0 saturated heterocycles. The Balaban J connectivity index is 1.75. The number of ether oxygens (including phenoxy) is 1. The quantitative estimate of drug-likeness (QED) is 0.622. The molecule has 0 aliphatic rings. The molecule has 0 saturated carbocycles. The minimum atomic E-state index is -0.199. The highest BCUT2D eigenvalue weighted by molar-refractivity contribution is 5.28. The van der Waals surface area contributed by atoms with Crippen LogP contribution in [0.25, 0.3) is 0 Å². The summed E-state index contributed by atoms with van der Waals surface area (Å²) in [5, 5.41) is 3.36. The van der Waals surface area contributed by atoms with Gasteiger partial charge in [0, 0.05) is 6.54 Å². The van der Waals surface area contributed by atoms with Gasteiger partial charge in [0.25, 0.3) is 0 Å². The maximum absolute atomic E-state index is 12.8. The molecule has 2 aromatic carbocycles. The average molecular weight is 283 g/mol. The van der Waals surface area contributed by atoms with Crippen LogP contribution in [-0.4, -0.2) is 13.2 Å². The summed E-state index contributed by atoms with van der Waals surface area (Å²) in [6.07, 6.45) is 6.04. The van der Waals surface area contributed by atoms with Crippen LogP contribution in [0, 0.1) is 18.2 Å². The molecule has 0 spiro atoms. The lowest BCUT2D eigenvalue weighted by atomic mass is 10.1. The number of nitrogens with one attached hydrogen (secondary N) is 1. The fourth-order valence-electron chi connectivity index (χ4n) is 1.99. The molecule has 21 heavy (non-hydrogen) atoms. The second-order valence-corrected chi connectivity index (χ2v) is 4.69. The molecule has 108 valence electrons. The first-order chi connectivity index (χ1) is 10.3. The lowest BCUT2D eigenvalue weighted by Gasteiger charge is -2.07. The van der Waals surface area contributed by atoms with Gasteiger partial charge in [-0.05, 0) is 48.4 Å². The molecule has 2 aromatic rings. The molecule has 2 nitrogen and oxygen atoms in total. The zero-order chi connectivity index (χ0) is 14.9. The van der Waals surface area contributed by atoms with Crippen molar-refractivity contribution in [2.24, 2.45) is 0 Å². The Bertz CT molecular complexity index is 601. The molecule has 0 amide bonds. The zero-order valence-corrected chi connectivity index (χ0v) is 11.8. The van der Waals surface area contributed by atoms with E-state index in [-0.39, 0.29) is 12.4 Å². The van der Waals surface area contributed by atoms with Crippen molar-refractivity contribution < 1.29 is 9.13 Å². The molecule has 0 bridgehead atoms. The second-order valence-electron chi connectivity index (χ2n) is 4.69. The molecule has 0 radical (unpaired) electrons. The van der Waals surface area contributed by atoms with E-state index in [1.54, 1.807) is 0 Å². The lowest BCUT2D eigenvalue weighted by Crippen LogP contribution is -2.16. The Morgan fingerprint density at radius 1 is 1.10 bits per heavy atom. The van der Waals surface area contributed by atoms with Crippen LogP contribution in [0.4, 0.5) is 4.39 Å². The van der Waals surface area contributed by atoms with Crippen molar-refractivity contribution in [2.75, 3.05) is 13.2 Å². The monoisotopic (exact) mass is 283 g/mol. The Morgan fingerprint density at radius 2 is 1.90 bits per heavy atom. The van der Waals surface area contributed by atoms with E-state index in [1.807, 2.05) is 36.4 Å². The molecular weight excluding hydrogens is 265 g/mol. The van der Waals surface area contributed by atoms with Crippen molar-refractivity contribution in [1.82, 2.24) is 5.32 Å². The molecule has 0 aromatic heterocycles. The van der Waals surface area contributed by atoms with E-state index in [2.05, 4.69) is 11.2 Å². The summed E-state index contributed by atoms with van der Waals surface area (Å²) in [4.78, 5) is 0. The molecule has 0 atom stereocenters. The highest BCUT2D eigenvalue weighted by atomic mass is 19.1. The average Bonchev–Trinajstić information content (AvgIpc) is 2.52. The fraction of sp³-hybridized carbons (Fsp3) is 0.222. The Labute approximate surface area is 125 Å². The third-order valence-electron chi connectivity index (χ3n) is 3.05. The molecule has 0 fully saturated rings. The van der Waals surface area contributed by atoms with Crippen LogP contribution in [0.5, 0.6) is 5.75 Å². The van der Waals surface area contributed by atoms with Gasteiger partial charge in [0.1, 0.15) is 18.2 Å². The maximum atomic E-state index is 12.8. The number of terminal acetylenes is 1. The summed E-state index contributed by atoms with van der Waals surface area (Å²) in [5.41, 5.74) is 2.26. The van der Waals surface area contributed by atoms with Crippen molar-refractivity contribution in [2.45, 2.75) is 13.0 Å². The first kappa shape index (κ1) is 15.1.